The average Bonchev–Trinajstić information content (AvgIpc) is 2.67. The third kappa shape index (κ3) is 3.95. The van der Waals surface area contributed by atoms with E-state index >= 15 is 0 Å². The molecule has 0 aliphatic heterocycles. The number of benzene rings is 3. The Morgan fingerprint density at radius 3 is 2.00 bits per heavy atom. The van der Waals surface area contributed by atoms with E-state index in [-0.39, 0.29) is 17.5 Å². The van der Waals surface area contributed by atoms with Crippen LogP contribution < -0.4 is 5.32 Å². The quantitative estimate of drug-likeness (QED) is 0.674. The summed E-state index contributed by atoms with van der Waals surface area (Å²) in [5, 5.41) is 4.70. The molecule has 3 rings (SSSR count). The first-order chi connectivity index (χ1) is 13.0. The van der Waals surface area contributed by atoms with E-state index in [0.29, 0.717) is 5.56 Å². The number of hydrogen-bond acceptors (Lipinski definition) is 3. The van der Waals surface area contributed by atoms with Crippen LogP contribution in [0.2, 0.25) is 0 Å². The minimum Gasteiger partial charge on any atom is -0.344 e. The lowest BCUT2D eigenvalue weighted by Crippen LogP contribution is -2.39. The van der Waals surface area contributed by atoms with Gasteiger partial charge in [0.15, 0.2) is 0 Å². The van der Waals surface area contributed by atoms with Crippen LogP contribution in [0, 0.1) is 5.92 Å². The fourth-order valence-electron chi connectivity index (χ4n) is 3.42. The third-order valence-corrected chi connectivity index (χ3v) is 4.69. The van der Waals surface area contributed by atoms with Gasteiger partial charge in [-0.05, 0) is 36.2 Å². The van der Waals surface area contributed by atoms with Crippen LogP contribution in [0.1, 0.15) is 35.8 Å². The fraction of sp³-hybridized carbons (Fsp3) is 0.174. The number of Topliss-reactive ketones (excluding diaryl/α,β-unsaturated/α-hetero) is 2. The summed E-state index contributed by atoms with van der Waals surface area (Å²) in [6.07, 6.45) is 0. The van der Waals surface area contributed by atoms with E-state index < -0.39 is 12.0 Å². The van der Waals surface area contributed by atoms with Crippen LogP contribution in [0.3, 0.4) is 0 Å². The summed E-state index contributed by atoms with van der Waals surface area (Å²) in [5.74, 6) is -1.77. The Hall–Kier alpha value is -3.27. The van der Waals surface area contributed by atoms with E-state index in [1.54, 1.807) is 6.07 Å². The molecule has 27 heavy (non-hydrogen) atoms. The van der Waals surface area contributed by atoms with Crippen LogP contribution in [-0.2, 0) is 9.59 Å². The minimum absolute atomic E-state index is 0.269. The maximum absolute atomic E-state index is 13.1. The predicted octanol–water partition coefficient (Wildman–Crippen LogP) is 4.11. The number of nitrogens with one attached hydrogen (secondary N) is 1. The summed E-state index contributed by atoms with van der Waals surface area (Å²) < 4.78 is 0. The zero-order valence-corrected chi connectivity index (χ0v) is 15.3. The van der Waals surface area contributed by atoms with Crippen LogP contribution in [0.25, 0.3) is 10.8 Å². The molecule has 136 valence electrons. The highest BCUT2D eigenvalue weighted by Gasteiger charge is 2.32. The number of hydrogen-bond donors (Lipinski definition) is 1. The van der Waals surface area contributed by atoms with Crippen molar-refractivity contribution in [3.63, 3.8) is 0 Å². The van der Waals surface area contributed by atoms with Crippen LogP contribution in [0.15, 0.2) is 72.8 Å². The average molecular weight is 359 g/mol. The summed E-state index contributed by atoms with van der Waals surface area (Å²) in [6, 6.07) is 21.5. The van der Waals surface area contributed by atoms with Crippen molar-refractivity contribution in [1.29, 1.82) is 0 Å². The SMILES string of the molecule is CC(=O)C(C(C)=O)C(NC(=O)c1cccc2ccccc12)c1ccccc1. The van der Waals surface area contributed by atoms with E-state index in [1.165, 1.54) is 13.8 Å². The van der Waals surface area contributed by atoms with E-state index in [0.717, 1.165) is 16.3 Å². The highest BCUT2D eigenvalue weighted by atomic mass is 16.2. The van der Waals surface area contributed by atoms with Gasteiger partial charge in [0.25, 0.3) is 5.91 Å². The van der Waals surface area contributed by atoms with Crippen molar-refractivity contribution in [3.8, 4) is 0 Å². The van der Waals surface area contributed by atoms with Gasteiger partial charge in [0.2, 0.25) is 0 Å². The number of ketones is 2. The first-order valence-corrected chi connectivity index (χ1v) is 8.83. The Labute approximate surface area is 158 Å². The molecule has 4 heteroatoms. The largest absolute Gasteiger partial charge is 0.344 e. The Balaban J connectivity index is 2.02. The topological polar surface area (TPSA) is 63.2 Å². The molecule has 0 fully saturated rings. The smallest absolute Gasteiger partial charge is 0.252 e. The van der Waals surface area contributed by atoms with Gasteiger partial charge in [-0.15, -0.1) is 0 Å². The Morgan fingerprint density at radius 2 is 1.33 bits per heavy atom. The molecule has 0 aromatic heterocycles. The van der Waals surface area contributed by atoms with Gasteiger partial charge in [0, 0.05) is 5.56 Å². The number of rotatable bonds is 6. The standard InChI is InChI=1S/C23H21NO3/c1-15(25)21(16(2)26)22(18-10-4-3-5-11-18)24-23(27)20-14-8-12-17-9-6-7-13-19(17)20/h3-14,21-22H,1-2H3,(H,24,27). The molecule has 1 N–H and O–H groups in total. The highest BCUT2D eigenvalue weighted by Crippen LogP contribution is 2.26. The Kier molecular flexibility index (Phi) is 5.46. The van der Waals surface area contributed by atoms with Crippen molar-refractivity contribution in [3.05, 3.63) is 83.9 Å². The molecule has 0 saturated carbocycles. The number of carbonyl (C=O) groups is 3. The van der Waals surface area contributed by atoms with Crippen LogP contribution >= 0.6 is 0 Å². The molecule has 0 heterocycles. The summed E-state index contributed by atoms with van der Waals surface area (Å²) in [6.45, 7) is 2.76. The number of amides is 1. The molecule has 0 aliphatic carbocycles. The summed E-state index contributed by atoms with van der Waals surface area (Å²) in [7, 11) is 0. The normalized spacial score (nSPS) is 12.0. The van der Waals surface area contributed by atoms with Gasteiger partial charge < -0.3 is 5.32 Å². The lowest BCUT2D eigenvalue weighted by atomic mass is 9.87. The predicted molar refractivity (Wildman–Crippen MR) is 105 cm³/mol. The second kappa shape index (κ2) is 7.96. The molecule has 0 radical (unpaired) electrons. The van der Waals surface area contributed by atoms with Gasteiger partial charge in [-0.25, -0.2) is 0 Å². The Bertz CT molecular complexity index is 975. The van der Waals surface area contributed by atoms with E-state index in [9.17, 15) is 14.4 Å². The summed E-state index contributed by atoms with van der Waals surface area (Å²) in [4.78, 5) is 37.4. The van der Waals surface area contributed by atoms with Gasteiger partial charge in [0.05, 0.1) is 6.04 Å². The van der Waals surface area contributed by atoms with E-state index in [4.69, 9.17) is 0 Å². The lowest BCUT2D eigenvalue weighted by Gasteiger charge is -2.25. The summed E-state index contributed by atoms with van der Waals surface area (Å²) in [5.41, 5.74) is 1.24. The van der Waals surface area contributed by atoms with Gasteiger partial charge in [-0.3, -0.25) is 14.4 Å². The van der Waals surface area contributed by atoms with Crippen LogP contribution in [-0.4, -0.2) is 17.5 Å². The van der Waals surface area contributed by atoms with Crippen LogP contribution in [0.5, 0.6) is 0 Å². The first-order valence-electron chi connectivity index (χ1n) is 8.83. The molecule has 1 unspecified atom stereocenters. The second-order valence-electron chi connectivity index (χ2n) is 6.59. The van der Waals surface area contributed by atoms with Crippen molar-refractivity contribution >= 4 is 28.2 Å². The maximum Gasteiger partial charge on any atom is 0.252 e. The minimum atomic E-state index is -0.925. The molecule has 3 aromatic carbocycles. The zero-order chi connectivity index (χ0) is 19.4. The Morgan fingerprint density at radius 1 is 0.741 bits per heavy atom. The molecular weight excluding hydrogens is 338 g/mol. The van der Waals surface area contributed by atoms with Crippen molar-refractivity contribution in [2.45, 2.75) is 19.9 Å². The fourth-order valence-corrected chi connectivity index (χ4v) is 3.42. The molecule has 4 nitrogen and oxygen atoms in total. The molecule has 1 atom stereocenters. The van der Waals surface area contributed by atoms with Crippen molar-refractivity contribution in [2.24, 2.45) is 5.92 Å². The van der Waals surface area contributed by atoms with Gasteiger partial charge in [-0.1, -0.05) is 66.7 Å². The molecule has 3 aromatic rings. The maximum atomic E-state index is 13.1. The van der Waals surface area contributed by atoms with E-state index in [2.05, 4.69) is 5.32 Å². The molecule has 0 bridgehead atoms. The van der Waals surface area contributed by atoms with Crippen molar-refractivity contribution in [2.75, 3.05) is 0 Å². The van der Waals surface area contributed by atoms with Crippen molar-refractivity contribution < 1.29 is 14.4 Å². The van der Waals surface area contributed by atoms with Gasteiger partial charge >= 0.3 is 0 Å². The number of carbonyl (C=O) groups excluding carboxylic acids is 3. The number of fused-ring (bicyclic) bond motifs is 1. The monoisotopic (exact) mass is 359 g/mol. The van der Waals surface area contributed by atoms with Crippen LogP contribution in [0.4, 0.5) is 0 Å². The van der Waals surface area contributed by atoms with Crippen molar-refractivity contribution in [1.82, 2.24) is 5.32 Å². The molecular formula is C23H21NO3. The van der Waals surface area contributed by atoms with E-state index in [1.807, 2.05) is 66.7 Å². The molecule has 0 saturated heterocycles. The first kappa shape index (κ1) is 18.5. The van der Waals surface area contributed by atoms with Gasteiger partial charge in [-0.2, -0.15) is 0 Å². The molecule has 1 amide bonds. The lowest BCUT2D eigenvalue weighted by molar-refractivity contribution is -0.131. The zero-order valence-electron chi connectivity index (χ0n) is 15.3. The molecule has 0 aliphatic rings. The highest BCUT2D eigenvalue weighted by molar-refractivity contribution is 6.08. The van der Waals surface area contributed by atoms with Gasteiger partial charge in [0.1, 0.15) is 17.5 Å². The molecule has 0 spiro atoms. The summed E-state index contributed by atoms with van der Waals surface area (Å²) >= 11 is 0. The second-order valence-corrected chi connectivity index (χ2v) is 6.59. The third-order valence-electron chi connectivity index (χ3n) is 4.69.